The first-order valence-electron chi connectivity index (χ1n) is 4.15. The minimum atomic E-state index is -3.18. The van der Waals surface area contributed by atoms with Crippen LogP contribution in [-0.2, 0) is 0 Å². The van der Waals surface area contributed by atoms with Crippen molar-refractivity contribution in [2.45, 2.75) is 13.5 Å². The summed E-state index contributed by atoms with van der Waals surface area (Å²) in [7, 11) is 0. The molecule has 0 aliphatic carbocycles. The summed E-state index contributed by atoms with van der Waals surface area (Å²) in [5, 5.41) is 10.7. The van der Waals surface area contributed by atoms with Crippen LogP contribution < -0.4 is 4.74 Å². The average Bonchev–Trinajstić information content (AvgIpc) is 2.19. The van der Waals surface area contributed by atoms with Crippen molar-refractivity contribution in [1.82, 2.24) is 0 Å². The Bertz CT molecular complexity index is 434. The van der Waals surface area contributed by atoms with E-state index < -0.39 is 23.0 Å². The second-order valence-electron chi connectivity index (χ2n) is 2.90. The summed E-state index contributed by atoms with van der Waals surface area (Å²) in [5.41, 5.74) is -0.876. The van der Waals surface area contributed by atoms with Crippen molar-refractivity contribution in [2.24, 2.45) is 0 Å². The molecule has 0 spiro atoms. The van der Waals surface area contributed by atoms with Gasteiger partial charge in [-0.1, -0.05) is 6.07 Å². The number of benzene rings is 1. The molecular weight excluding hydrogens is 224 g/mol. The van der Waals surface area contributed by atoms with Gasteiger partial charge >= 0.3 is 12.3 Å². The number of hydrogen-bond donors (Lipinski definition) is 0. The highest BCUT2D eigenvalue weighted by Gasteiger charge is 2.25. The molecule has 0 N–H and O–H groups in total. The molecule has 0 saturated heterocycles. The number of ether oxygens (including phenoxy) is 1. The number of carbonyl (C=O) groups is 1. The van der Waals surface area contributed by atoms with Crippen LogP contribution in [0.25, 0.3) is 0 Å². The van der Waals surface area contributed by atoms with Crippen LogP contribution in [-0.4, -0.2) is 17.8 Å². The van der Waals surface area contributed by atoms with Crippen molar-refractivity contribution in [3.8, 4) is 5.75 Å². The highest BCUT2D eigenvalue weighted by atomic mass is 19.3. The molecule has 5 nitrogen and oxygen atoms in total. The maximum atomic E-state index is 12.0. The lowest BCUT2D eigenvalue weighted by Gasteiger charge is -2.09. The van der Waals surface area contributed by atoms with Gasteiger partial charge in [-0.25, -0.2) is 0 Å². The minimum absolute atomic E-state index is 0.164. The van der Waals surface area contributed by atoms with Crippen LogP contribution in [0.4, 0.5) is 14.5 Å². The van der Waals surface area contributed by atoms with E-state index in [1.54, 1.807) is 0 Å². The standard InChI is InChI=1S/C9H7F2NO4/c1-5-2-3-6(4-13)7(12(14)15)8(5)16-9(10)11/h2-4,9H,1H3. The Balaban J connectivity index is 3.41. The van der Waals surface area contributed by atoms with E-state index in [1.165, 1.54) is 19.1 Å². The Kier molecular flexibility index (Phi) is 3.49. The lowest BCUT2D eigenvalue weighted by molar-refractivity contribution is -0.386. The van der Waals surface area contributed by atoms with E-state index in [1.807, 2.05) is 0 Å². The van der Waals surface area contributed by atoms with Crippen molar-refractivity contribution < 1.29 is 23.2 Å². The van der Waals surface area contributed by atoms with Gasteiger partial charge in [-0.2, -0.15) is 8.78 Å². The van der Waals surface area contributed by atoms with Crippen LogP contribution in [0.15, 0.2) is 12.1 Å². The highest BCUT2D eigenvalue weighted by molar-refractivity contribution is 5.84. The van der Waals surface area contributed by atoms with Gasteiger partial charge in [0.1, 0.15) is 0 Å². The first-order chi connectivity index (χ1) is 7.47. The molecule has 1 aromatic carbocycles. The number of alkyl halides is 2. The molecule has 0 aliphatic heterocycles. The maximum Gasteiger partial charge on any atom is 0.387 e. The van der Waals surface area contributed by atoms with Gasteiger partial charge in [0.15, 0.2) is 6.29 Å². The third-order valence-electron chi connectivity index (χ3n) is 1.88. The van der Waals surface area contributed by atoms with Gasteiger partial charge in [-0.15, -0.1) is 0 Å². The van der Waals surface area contributed by atoms with Crippen molar-refractivity contribution in [3.63, 3.8) is 0 Å². The Morgan fingerprint density at radius 1 is 1.50 bits per heavy atom. The average molecular weight is 231 g/mol. The molecular formula is C9H7F2NO4. The Morgan fingerprint density at radius 2 is 2.12 bits per heavy atom. The minimum Gasteiger partial charge on any atom is -0.427 e. The first kappa shape index (κ1) is 12.0. The molecule has 0 atom stereocenters. The van der Waals surface area contributed by atoms with E-state index in [0.717, 1.165) is 0 Å². The summed E-state index contributed by atoms with van der Waals surface area (Å²) >= 11 is 0. The summed E-state index contributed by atoms with van der Waals surface area (Å²) in [5.74, 6) is -0.579. The van der Waals surface area contributed by atoms with Crippen LogP contribution in [0.3, 0.4) is 0 Å². The number of halogens is 2. The summed E-state index contributed by atoms with van der Waals surface area (Å²) in [4.78, 5) is 20.3. The van der Waals surface area contributed by atoms with Gasteiger partial charge in [0.05, 0.1) is 10.5 Å². The molecule has 0 fully saturated rings. The molecule has 0 saturated carbocycles. The Labute approximate surface area is 88.8 Å². The third-order valence-corrected chi connectivity index (χ3v) is 1.88. The van der Waals surface area contributed by atoms with Gasteiger partial charge < -0.3 is 4.74 Å². The summed E-state index contributed by atoms with van der Waals surface area (Å²) in [6.45, 7) is -1.81. The van der Waals surface area contributed by atoms with Gasteiger partial charge in [-0.05, 0) is 18.6 Å². The Hall–Kier alpha value is -2.05. The predicted octanol–water partition coefficient (Wildman–Crippen LogP) is 2.32. The fraction of sp³-hybridized carbons (Fsp3) is 0.222. The molecule has 0 unspecified atom stereocenters. The fourth-order valence-electron chi connectivity index (χ4n) is 1.21. The van der Waals surface area contributed by atoms with E-state index in [9.17, 15) is 23.7 Å². The molecule has 86 valence electrons. The van der Waals surface area contributed by atoms with Crippen LogP contribution in [0.2, 0.25) is 0 Å². The van der Waals surface area contributed by atoms with Crippen LogP contribution in [0.1, 0.15) is 15.9 Å². The summed E-state index contributed by atoms with van der Waals surface area (Å²) in [6, 6.07) is 2.48. The van der Waals surface area contributed by atoms with E-state index >= 15 is 0 Å². The Morgan fingerprint density at radius 3 is 2.56 bits per heavy atom. The quantitative estimate of drug-likeness (QED) is 0.453. The van der Waals surface area contributed by atoms with Crippen LogP contribution in [0.5, 0.6) is 5.75 Å². The van der Waals surface area contributed by atoms with Crippen LogP contribution >= 0.6 is 0 Å². The smallest absolute Gasteiger partial charge is 0.387 e. The zero-order valence-corrected chi connectivity index (χ0v) is 8.15. The zero-order chi connectivity index (χ0) is 12.3. The van der Waals surface area contributed by atoms with E-state index in [2.05, 4.69) is 4.74 Å². The molecule has 0 amide bonds. The number of nitro groups is 1. The van der Waals surface area contributed by atoms with Crippen molar-refractivity contribution in [1.29, 1.82) is 0 Å². The number of aldehydes is 1. The number of rotatable bonds is 4. The normalized spacial score (nSPS) is 10.2. The monoisotopic (exact) mass is 231 g/mol. The largest absolute Gasteiger partial charge is 0.427 e. The van der Waals surface area contributed by atoms with E-state index in [0.29, 0.717) is 0 Å². The second kappa shape index (κ2) is 4.65. The molecule has 0 bridgehead atoms. The first-order valence-corrected chi connectivity index (χ1v) is 4.15. The van der Waals surface area contributed by atoms with Crippen LogP contribution in [0, 0.1) is 17.0 Å². The predicted molar refractivity (Wildman–Crippen MR) is 49.9 cm³/mol. The van der Waals surface area contributed by atoms with Gasteiger partial charge in [0.2, 0.25) is 5.75 Å². The second-order valence-corrected chi connectivity index (χ2v) is 2.90. The molecule has 0 radical (unpaired) electrons. The fourth-order valence-corrected chi connectivity index (χ4v) is 1.21. The molecule has 7 heteroatoms. The summed E-state index contributed by atoms with van der Waals surface area (Å²) in [6.07, 6.45) is 0.218. The third kappa shape index (κ3) is 2.30. The molecule has 1 aromatic rings. The maximum absolute atomic E-state index is 12.0. The molecule has 0 heterocycles. The number of nitro benzene ring substituents is 1. The van der Waals surface area contributed by atoms with Crippen molar-refractivity contribution in [3.05, 3.63) is 33.4 Å². The van der Waals surface area contributed by atoms with E-state index in [4.69, 9.17) is 0 Å². The SMILES string of the molecule is Cc1ccc(C=O)c([N+](=O)[O-])c1OC(F)F. The number of aryl methyl sites for hydroxylation is 1. The van der Waals surface area contributed by atoms with E-state index in [-0.39, 0.29) is 17.4 Å². The van der Waals surface area contributed by atoms with Gasteiger partial charge in [0.25, 0.3) is 0 Å². The molecule has 0 aliphatic rings. The van der Waals surface area contributed by atoms with Gasteiger partial charge in [-0.3, -0.25) is 14.9 Å². The lowest BCUT2D eigenvalue weighted by Crippen LogP contribution is -2.07. The van der Waals surface area contributed by atoms with Gasteiger partial charge in [0, 0.05) is 0 Å². The molecule has 16 heavy (non-hydrogen) atoms. The number of nitrogens with zero attached hydrogens (tertiary/aromatic N) is 1. The lowest BCUT2D eigenvalue weighted by atomic mass is 10.1. The zero-order valence-electron chi connectivity index (χ0n) is 8.15. The highest BCUT2D eigenvalue weighted by Crippen LogP contribution is 2.34. The molecule has 1 rings (SSSR count). The van der Waals surface area contributed by atoms with Crippen molar-refractivity contribution in [2.75, 3.05) is 0 Å². The van der Waals surface area contributed by atoms with Crippen molar-refractivity contribution >= 4 is 12.0 Å². The number of carbonyl (C=O) groups excluding carboxylic acids is 1. The molecule has 0 aromatic heterocycles. The summed E-state index contributed by atoms with van der Waals surface area (Å²) < 4.78 is 28.1. The topological polar surface area (TPSA) is 69.4 Å². The number of hydrogen-bond acceptors (Lipinski definition) is 4.